The lowest BCUT2D eigenvalue weighted by atomic mass is 10.00. The van der Waals surface area contributed by atoms with E-state index >= 15 is 0 Å². The quantitative estimate of drug-likeness (QED) is 0.643. The summed E-state index contributed by atoms with van der Waals surface area (Å²) >= 11 is 5.91. The molecule has 3 rings (SSSR count). The molecule has 0 saturated carbocycles. The van der Waals surface area contributed by atoms with Crippen molar-refractivity contribution >= 4 is 33.4 Å². The first-order chi connectivity index (χ1) is 15.0. The van der Waals surface area contributed by atoms with Crippen molar-refractivity contribution in [1.29, 1.82) is 0 Å². The van der Waals surface area contributed by atoms with Gasteiger partial charge in [-0.1, -0.05) is 18.5 Å². The number of nitrogens with zero attached hydrogens (tertiary/aromatic N) is 3. The number of likely N-dealkylation sites (tertiary alicyclic amines) is 1. The molecule has 1 atom stereocenters. The zero-order chi connectivity index (χ0) is 23.7. The molecule has 2 aliphatic rings. The predicted molar refractivity (Wildman–Crippen MR) is 111 cm³/mol. The van der Waals surface area contributed by atoms with Crippen LogP contribution in [-0.4, -0.2) is 73.1 Å². The normalized spacial score (nSPS) is 21.0. The summed E-state index contributed by atoms with van der Waals surface area (Å²) in [4.78, 5) is 27.8. The molecule has 0 bridgehead atoms. The van der Waals surface area contributed by atoms with Gasteiger partial charge in [0.1, 0.15) is 10.9 Å². The van der Waals surface area contributed by atoms with Crippen molar-refractivity contribution in [3.8, 4) is 0 Å². The van der Waals surface area contributed by atoms with E-state index in [2.05, 4.69) is 0 Å². The maximum absolute atomic E-state index is 13.0. The third kappa shape index (κ3) is 5.04. The van der Waals surface area contributed by atoms with Crippen LogP contribution in [0.5, 0.6) is 0 Å². The number of carbonyl (C=O) groups is 2. The molecular formula is C20H25ClF3N3O4S. The molecule has 1 unspecified atom stereocenters. The average Bonchev–Trinajstić information content (AvgIpc) is 2.77. The summed E-state index contributed by atoms with van der Waals surface area (Å²) in [6.45, 7) is 2.27. The summed E-state index contributed by atoms with van der Waals surface area (Å²) in [6.07, 6.45) is -2.19. The van der Waals surface area contributed by atoms with E-state index in [9.17, 15) is 31.2 Å². The van der Waals surface area contributed by atoms with Crippen molar-refractivity contribution in [2.24, 2.45) is 0 Å². The summed E-state index contributed by atoms with van der Waals surface area (Å²) in [5, 5.41) is -0.299. The van der Waals surface area contributed by atoms with Crippen LogP contribution in [0, 0.1) is 0 Å². The zero-order valence-corrected chi connectivity index (χ0v) is 19.1. The van der Waals surface area contributed by atoms with Gasteiger partial charge in [0.2, 0.25) is 21.8 Å². The van der Waals surface area contributed by atoms with Crippen LogP contribution in [0.4, 0.5) is 13.2 Å². The zero-order valence-electron chi connectivity index (χ0n) is 17.6. The summed E-state index contributed by atoms with van der Waals surface area (Å²) in [5.41, 5.74) is -1.10. The Bertz CT molecular complexity index is 979. The number of hydrogen-bond acceptors (Lipinski definition) is 4. The highest BCUT2D eigenvalue weighted by Crippen LogP contribution is 2.34. The molecule has 2 heterocycles. The Kier molecular flexibility index (Phi) is 7.41. The highest BCUT2D eigenvalue weighted by Gasteiger charge is 2.38. The molecule has 0 spiro atoms. The van der Waals surface area contributed by atoms with Crippen LogP contribution < -0.4 is 0 Å². The number of rotatable bonds is 4. The lowest BCUT2D eigenvalue weighted by Crippen LogP contribution is -2.57. The molecule has 0 radical (unpaired) electrons. The van der Waals surface area contributed by atoms with Crippen molar-refractivity contribution in [1.82, 2.24) is 14.1 Å². The molecule has 7 nitrogen and oxygen atoms in total. The largest absolute Gasteiger partial charge is 0.416 e. The second kappa shape index (κ2) is 9.56. The third-order valence-corrected chi connectivity index (χ3v) is 8.22. The molecule has 0 N–H and O–H groups in total. The Morgan fingerprint density at radius 1 is 1.09 bits per heavy atom. The number of hydrogen-bond donors (Lipinski definition) is 0. The van der Waals surface area contributed by atoms with E-state index in [0.29, 0.717) is 25.5 Å². The standard InChI is InChI=1S/C20H25ClF3N3O4S/c1-2-18(28)27-8-4-3-5-16(27)19(29)25-9-11-26(12-10-25)32(30,31)17-13-14(20(22,23)24)6-7-15(17)21/h6-7,13,16H,2-5,8-12H2,1H3. The molecule has 12 heteroatoms. The smallest absolute Gasteiger partial charge is 0.338 e. The Morgan fingerprint density at radius 3 is 2.34 bits per heavy atom. The number of piperidine rings is 1. The first kappa shape index (κ1) is 24.8. The average molecular weight is 496 g/mol. The van der Waals surface area contributed by atoms with E-state index in [4.69, 9.17) is 11.6 Å². The molecule has 1 aromatic rings. The summed E-state index contributed by atoms with van der Waals surface area (Å²) < 4.78 is 66.1. The molecule has 2 saturated heterocycles. The molecule has 178 valence electrons. The molecule has 2 aliphatic heterocycles. The topological polar surface area (TPSA) is 78.0 Å². The van der Waals surface area contributed by atoms with Crippen LogP contribution in [-0.2, 0) is 25.8 Å². The highest BCUT2D eigenvalue weighted by atomic mass is 35.5. The van der Waals surface area contributed by atoms with Crippen LogP contribution >= 0.6 is 11.6 Å². The van der Waals surface area contributed by atoms with Gasteiger partial charge in [0, 0.05) is 39.1 Å². The fraction of sp³-hybridized carbons (Fsp3) is 0.600. The predicted octanol–water partition coefficient (Wildman–Crippen LogP) is 2.98. The van der Waals surface area contributed by atoms with Crippen LogP contribution in [0.15, 0.2) is 23.1 Å². The summed E-state index contributed by atoms with van der Waals surface area (Å²) in [5.74, 6) is -0.316. The van der Waals surface area contributed by atoms with Gasteiger partial charge in [-0.15, -0.1) is 0 Å². The van der Waals surface area contributed by atoms with Gasteiger partial charge in [0.25, 0.3) is 0 Å². The van der Waals surface area contributed by atoms with E-state index in [1.165, 1.54) is 4.90 Å². The maximum Gasteiger partial charge on any atom is 0.416 e. The number of sulfonamides is 1. The van der Waals surface area contributed by atoms with Gasteiger partial charge in [0.05, 0.1) is 10.6 Å². The van der Waals surface area contributed by atoms with Crippen molar-refractivity contribution in [3.05, 3.63) is 28.8 Å². The van der Waals surface area contributed by atoms with Gasteiger partial charge in [-0.25, -0.2) is 8.42 Å². The number of alkyl halides is 3. The second-order valence-electron chi connectivity index (χ2n) is 7.82. The number of benzene rings is 1. The van der Waals surface area contributed by atoms with Gasteiger partial charge in [-0.05, 0) is 37.5 Å². The van der Waals surface area contributed by atoms with E-state index in [1.54, 1.807) is 11.8 Å². The van der Waals surface area contributed by atoms with Crippen molar-refractivity contribution < 1.29 is 31.2 Å². The van der Waals surface area contributed by atoms with Crippen molar-refractivity contribution in [3.63, 3.8) is 0 Å². The van der Waals surface area contributed by atoms with Gasteiger partial charge in [-0.3, -0.25) is 9.59 Å². The second-order valence-corrected chi connectivity index (χ2v) is 10.1. The number of amides is 2. The molecule has 2 fully saturated rings. The fourth-order valence-electron chi connectivity index (χ4n) is 4.07. The molecule has 0 aliphatic carbocycles. The van der Waals surface area contributed by atoms with Crippen LogP contribution in [0.2, 0.25) is 5.02 Å². The molecule has 1 aromatic carbocycles. The Hall–Kier alpha value is -1.85. The summed E-state index contributed by atoms with van der Waals surface area (Å²) in [7, 11) is -4.28. The lowest BCUT2D eigenvalue weighted by Gasteiger charge is -2.40. The van der Waals surface area contributed by atoms with Gasteiger partial charge in [-0.2, -0.15) is 17.5 Å². The lowest BCUT2D eigenvalue weighted by molar-refractivity contribution is -0.148. The van der Waals surface area contributed by atoms with Crippen molar-refractivity contribution in [2.75, 3.05) is 32.7 Å². The van der Waals surface area contributed by atoms with Gasteiger partial charge < -0.3 is 9.80 Å². The third-order valence-electron chi connectivity index (χ3n) is 5.84. The van der Waals surface area contributed by atoms with E-state index in [0.717, 1.165) is 29.3 Å². The molecule has 2 amide bonds. The minimum atomic E-state index is -4.71. The van der Waals surface area contributed by atoms with Gasteiger partial charge in [0.15, 0.2) is 0 Å². The summed E-state index contributed by atoms with van der Waals surface area (Å²) in [6, 6.07) is 1.62. The Labute approximate surface area is 190 Å². The van der Waals surface area contributed by atoms with Crippen LogP contribution in [0.25, 0.3) is 0 Å². The number of carbonyl (C=O) groups excluding carboxylic acids is 2. The maximum atomic E-state index is 13.0. The Morgan fingerprint density at radius 2 is 1.75 bits per heavy atom. The first-order valence-corrected chi connectivity index (χ1v) is 12.2. The minimum absolute atomic E-state index is 0.0743. The van der Waals surface area contributed by atoms with E-state index in [1.807, 2.05) is 0 Å². The molecular weight excluding hydrogens is 471 g/mol. The Balaban J connectivity index is 1.72. The van der Waals surface area contributed by atoms with Crippen LogP contribution in [0.1, 0.15) is 38.2 Å². The molecule has 32 heavy (non-hydrogen) atoms. The van der Waals surface area contributed by atoms with Crippen LogP contribution in [0.3, 0.4) is 0 Å². The minimum Gasteiger partial charge on any atom is -0.338 e. The van der Waals surface area contributed by atoms with E-state index < -0.39 is 32.7 Å². The first-order valence-electron chi connectivity index (χ1n) is 10.4. The van der Waals surface area contributed by atoms with E-state index in [-0.39, 0.29) is 43.0 Å². The monoisotopic (exact) mass is 495 g/mol. The SMILES string of the molecule is CCC(=O)N1CCCCC1C(=O)N1CCN(S(=O)(=O)c2cc(C(F)(F)F)ccc2Cl)CC1. The fourth-order valence-corrected chi connectivity index (χ4v) is 5.99. The molecule has 0 aromatic heterocycles. The van der Waals surface area contributed by atoms with Crippen molar-refractivity contribution in [2.45, 2.75) is 49.7 Å². The highest BCUT2D eigenvalue weighted by molar-refractivity contribution is 7.89. The number of piperazine rings is 1. The number of halogens is 4. The van der Waals surface area contributed by atoms with Gasteiger partial charge >= 0.3 is 6.18 Å².